The largest absolute Gasteiger partial charge is 0.362 e. The fourth-order valence-corrected chi connectivity index (χ4v) is 1.04. The molecule has 0 unspecified atom stereocenters. The Hall–Kier alpha value is -1.24. The van der Waals surface area contributed by atoms with Gasteiger partial charge in [-0.3, -0.25) is 0 Å². The van der Waals surface area contributed by atoms with Gasteiger partial charge in [0.1, 0.15) is 0 Å². The first kappa shape index (κ1) is 9.85. The molecule has 0 saturated carbocycles. The van der Waals surface area contributed by atoms with Crippen molar-refractivity contribution in [3.63, 3.8) is 0 Å². The summed E-state index contributed by atoms with van der Waals surface area (Å²) in [6.07, 6.45) is 3.17. The van der Waals surface area contributed by atoms with E-state index in [9.17, 15) is 0 Å². The average Bonchev–Trinajstić information content (AvgIpc) is 2.16. The van der Waals surface area contributed by atoms with Crippen molar-refractivity contribution in [2.45, 2.75) is 27.2 Å². The molecule has 0 amide bonds. The predicted octanol–water partition coefficient (Wildman–Crippen LogP) is 3.72. The van der Waals surface area contributed by atoms with E-state index in [1.807, 2.05) is 6.07 Å². The minimum absolute atomic E-state index is 1.10. The molecule has 1 nitrogen and oxygen atoms in total. The number of para-hydroxylation sites is 1. The van der Waals surface area contributed by atoms with Crippen molar-refractivity contribution in [3.8, 4) is 0 Å². The molecule has 0 atom stereocenters. The van der Waals surface area contributed by atoms with Gasteiger partial charge in [0.2, 0.25) is 0 Å². The molecule has 1 aromatic carbocycles. The summed E-state index contributed by atoms with van der Waals surface area (Å²) in [7, 11) is 0. The fraction of sp³-hybridized carbons (Fsp3) is 0.333. The van der Waals surface area contributed by atoms with E-state index in [1.54, 1.807) is 0 Å². The van der Waals surface area contributed by atoms with Crippen molar-refractivity contribution in [1.82, 2.24) is 0 Å². The third-order valence-corrected chi connectivity index (χ3v) is 2.18. The van der Waals surface area contributed by atoms with Crippen molar-refractivity contribution >= 4 is 5.69 Å². The van der Waals surface area contributed by atoms with Gasteiger partial charge in [0.05, 0.1) is 0 Å². The number of hydrogen-bond acceptors (Lipinski definition) is 1. The summed E-state index contributed by atoms with van der Waals surface area (Å²) in [5.74, 6) is 0. The molecule has 0 saturated heterocycles. The van der Waals surface area contributed by atoms with Gasteiger partial charge in [-0.15, -0.1) is 0 Å². The lowest BCUT2D eigenvalue weighted by Gasteiger charge is -2.05. The molecule has 13 heavy (non-hydrogen) atoms. The number of nitrogens with one attached hydrogen (secondary N) is 1. The van der Waals surface area contributed by atoms with Gasteiger partial charge >= 0.3 is 0 Å². The highest BCUT2D eigenvalue weighted by molar-refractivity contribution is 5.52. The Morgan fingerprint density at radius 3 is 2.69 bits per heavy atom. The molecule has 0 spiro atoms. The van der Waals surface area contributed by atoms with E-state index in [2.05, 4.69) is 50.5 Å². The molecule has 0 fully saturated rings. The second kappa shape index (κ2) is 4.70. The molecule has 0 heterocycles. The van der Waals surface area contributed by atoms with E-state index in [0.29, 0.717) is 0 Å². The van der Waals surface area contributed by atoms with Crippen LogP contribution in [0.4, 0.5) is 5.69 Å². The van der Waals surface area contributed by atoms with Crippen LogP contribution in [-0.2, 0) is 0 Å². The first-order valence-electron chi connectivity index (χ1n) is 4.72. The zero-order valence-corrected chi connectivity index (χ0v) is 8.59. The Kier molecular flexibility index (Phi) is 3.56. The van der Waals surface area contributed by atoms with Gasteiger partial charge in [0.15, 0.2) is 0 Å². The second-order valence-corrected chi connectivity index (χ2v) is 3.30. The van der Waals surface area contributed by atoms with Crippen LogP contribution in [0.1, 0.15) is 25.8 Å². The van der Waals surface area contributed by atoms with Gasteiger partial charge in [-0.1, -0.05) is 30.7 Å². The van der Waals surface area contributed by atoms with Crippen LogP contribution < -0.4 is 5.32 Å². The molecule has 0 aromatic heterocycles. The molecule has 1 heteroatoms. The van der Waals surface area contributed by atoms with Crippen LogP contribution in [0.15, 0.2) is 36.0 Å². The highest BCUT2D eigenvalue weighted by atomic mass is 14.8. The van der Waals surface area contributed by atoms with Crippen molar-refractivity contribution in [1.29, 1.82) is 0 Å². The molecule has 0 aliphatic rings. The van der Waals surface area contributed by atoms with Gasteiger partial charge < -0.3 is 5.32 Å². The van der Waals surface area contributed by atoms with Gasteiger partial charge in [-0.25, -0.2) is 0 Å². The summed E-state index contributed by atoms with van der Waals surface area (Å²) in [6.45, 7) is 6.40. The third-order valence-electron chi connectivity index (χ3n) is 2.18. The molecule has 1 aromatic rings. The molecule has 0 aliphatic heterocycles. The summed E-state index contributed by atoms with van der Waals surface area (Å²) in [6, 6.07) is 8.30. The van der Waals surface area contributed by atoms with Crippen LogP contribution in [0, 0.1) is 6.92 Å². The van der Waals surface area contributed by atoms with Crippen LogP contribution in [0.3, 0.4) is 0 Å². The number of aryl methyl sites for hydroxylation is 1. The first-order valence-corrected chi connectivity index (χ1v) is 4.72. The SMILES string of the molecule is CC/C(C)=C/Nc1ccccc1C. The van der Waals surface area contributed by atoms with Crippen LogP contribution in [0.25, 0.3) is 0 Å². The lowest BCUT2D eigenvalue weighted by Crippen LogP contribution is -1.91. The summed E-state index contributed by atoms with van der Waals surface area (Å²) in [5, 5.41) is 3.30. The Bertz CT molecular complexity index is 300. The normalized spacial score (nSPS) is 11.5. The molecule has 0 bridgehead atoms. The average molecular weight is 175 g/mol. The minimum atomic E-state index is 1.10. The quantitative estimate of drug-likeness (QED) is 0.738. The lowest BCUT2D eigenvalue weighted by atomic mass is 10.2. The molecule has 1 N–H and O–H groups in total. The van der Waals surface area contributed by atoms with Crippen molar-refractivity contribution < 1.29 is 0 Å². The maximum absolute atomic E-state index is 3.30. The lowest BCUT2D eigenvalue weighted by molar-refractivity contribution is 1.09. The summed E-state index contributed by atoms with van der Waals surface area (Å²) >= 11 is 0. The minimum Gasteiger partial charge on any atom is -0.362 e. The number of benzene rings is 1. The van der Waals surface area contributed by atoms with E-state index in [0.717, 1.165) is 6.42 Å². The van der Waals surface area contributed by atoms with Crippen LogP contribution in [0.5, 0.6) is 0 Å². The first-order chi connectivity index (χ1) is 6.24. The van der Waals surface area contributed by atoms with E-state index in [1.165, 1.54) is 16.8 Å². The van der Waals surface area contributed by atoms with Gasteiger partial charge in [0, 0.05) is 5.69 Å². The van der Waals surface area contributed by atoms with Crippen LogP contribution in [0.2, 0.25) is 0 Å². The number of allylic oxidation sites excluding steroid dienone is 1. The summed E-state index contributed by atoms with van der Waals surface area (Å²) in [4.78, 5) is 0. The Morgan fingerprint density at radius 2 is 2.08 bits per heavy atom. The van der Waals surface area contributed by atoms with Crippen molar-refractivity contribution in [2.75, 3.05) is 5.32 Å². The van der Waals surface area contributed by atoms with E-state index < -0.39 is 0 Å². The van der Waals surface area contributed by atoms with Gasteiger partial charge in [-0.05, 0) is 38.1 Å². The van der Waals surface area contributed by atoms with Crippen molar-refractivity contribution in [2.24, 2.45) is 0 Å². The maximum atomic E-state index is 3.30. The monoisotopic (exact) mass is 175 g/mol. The number of anilines is 1. The standard InChI is InChI=1S/C12H17N/c1-4-10(2)9-13-12-8-6-5-7-11(12)3/h5-9,13H,4H2,1-3H3/b10-9+. The van der Waals surface area contributed by atoms with E-state index >= 15 is 0 Å². The molecule has 70 valence electrons. The second-order valence-electron chi connectivity index (χ2n) is 3.30. The Balaban J connectivity index is 2.70. The fourth-order valence-electron chi connectivity index (χ4n) is 1.04. The molecular weight excluding hydrogens is 158 g/mol. The molecule has 0 radical (unpaired) electrons. The van der Waals surface area contributed by atoms with Gasteiger partial charge in [0.25, 0.3) is 0 Å². The van der Waals surface area contributed by atoms with Crippen LogP contribution >= 0.6 is 0 Å². The number of hydrogen-bond donors (Lipinski definition) is 1. The Morgan fingerprint density at radius 1 is 1.38 bits per heavy atom. The zero-order chi connectivity index (χ0) is 9.68. The smallest absolute Gasteiger partial charge is 0.0409 e. The zero-order valence-electron chi connectivity index (χ0n) is 8.59. The highest BCUT2D eigenvalue weighted by Gasteiger charge is 1.92. The molecule has 0 aliphatic carbocycles. The third kappa shape index (κ3) is 2.94. The molecular formula is C12H17N. The van der Waals surface area contributed by atoms with E-state index in [-0.39, 0.29) is 0 Å². The highest BCUT2D eigenvalue weighted by Crippen LogP contribution is 2.13. The maximum Gasteiger partial charge on any atom is 0.0409 e. The Labute approximate surface area is 80.5 Å². The predicted molar refractivity (Wildman–Crippen MR) is 58.8 cm³/mol. The summed E-state index contributed by atoms with van der Waals surface area (Å²) < 4.78 is 0. The molecule has 1 rings (SSSR count). The topological polar surface area (TPSA) is 12.0 Å². The van der Waals surface area contributed by atoms with Gasteiger partial charge in [-0.2, -0.15) is 0 Å². The van der Waals surface area contributed by atoms with Crippen molar-refractivity contribution in [3.05, 3.63) is 41.6 Å². The van der Waals surface area contributed by atoms with E-state index in [4.69, 9.17) is 0 Å². The van der Waals surface area contributed by atoms with Crippen LogP contribution in [-0.4, -0.2) is 0 Å². The number of rotatable bonds is 3. The summed E-state index contributed by atoms with van der Waals surface area (Å²) in [5.41, 5.74) is 3.83.